The Balaban J connectivity index is 1.36. The zero-order valence-corrected chi connectivity index (χ0v) is 19.7. The van der Waals surface area contributed by atoms with Gasteiger partial charge in [-0.25, -0.2) is 0 Å². The molecule has 0 unspecified atom stereocenters. The molecular formula is C28H34O6. The van der Waals surface area contributed by atoms with E-state index in [1.54, 1.807) is 0 Å². The van der Waals surface area contributed by atoms with Crippen LogP contribution in [-0.4, -0.2) is 79.3 Å². The largest absolute Gasteiger partial charge is 0.377 e. The van der Waals surface area contributed by atoms with E-state index in [1.807, 2.05) is 0 Å². The third-order valence-electron chi connectivity index (χ3n) is 6.72. The molecule has 0 radical (unpaired) electrons. The number of benzene rings is 2. The van der Waals surface area contributed by atoms with Gasteiger partial charge in [-0.3, -0.25) is 0 Å². The first-order valence-electron chi connectivity index (χ1n) is 12.3. The average molecular weight is 467 g/mol. The van der Waals surface area contributed by atoms with Crippen LogP contribution in [0.15, 0.2) is 59.7 Å². The van der Waals surface area contributed by atoms with Crippen LogP contribution in [0.5, 0.6) is 0 Å². The topological polar surface area (TPSA) is 55.4 Å². The molecule has 0 atom stereocenters. The van der Waals surface area contributed by atoms with Gasteiger partial charge in [0.1, 0.15) is 0 Å². The molecule has 0 N–H and O–H groups in total. The van der Waals surface area contributed by atoms with Crippen LogP contribution in [0, 0.1) is 0 Å². The smallest absolute Gasteiger partial charge is 0.0704 e. The Morgan fingerprint density at radius 1 is 0.382 bits per heavy atom. The van der Waals surface area contributed by atoms with Gasteiger partial charge in [0.15, 0.2) is 0 Å². The predicted octanol–water partition coefficient (Wildman–Crippen LogP) is 3.69. The van der Waals surface area contributed by atoms with Gasteiger partial charge in [-0.05, 0) is 33.4 Å². The second-order valence-electron chi connectivity index (χ2n) is 8.73. The van der Waals surface area contributed by atoms with Crippen molar-refractivity contribution in [3.8, 4) is 0 Å². The Bertz CT molecular complexity index is 847. The molecule has 0 saturated heterocycles. The third kappa shape index (κ3) is 5.28. The van der Waals surface area contributed by atoms with Gasteiger partial charge in [0, 0.05) is 11.8 Å². The number of hydrogen-bond donors (Lipinski definition) is 0. The Morgan fingerprint density at radius 3 is 0.941 bits per heavy atom. The van der Waals surface area contributed by atoms with E-state index in [4.69, 9.17) is 28.4 Å². The van der Waals surface area contributed by atoms with E-state index >= 15 is 0 Å². The lowest BCUT2D eigenvalue weighted by Crippen LogP contribution is -2.32. The number of rotatable bonds is 0. The first-order valence-corrected chi connectivity index (χ1v) is 12.3. The Morgan fingerprint density at radius 2 is 0.647 bits per heavy atom. The van der Waals surface area contributed by atoms with Gasteiger partial charge in [-0.15, -0.1) is 0 Å². The fourth-order valence-electron chi connectivity index (χ4n) is 5.24. The van der Waals surface area contributed by atoms with Crippen LogP contribution in [0.3, 0.4) is 0 Å². The lowest BCUT2D eigenvalue weighted by Gasteiger charge is -2.43. The quantitative estimate of drug-likeness (QED) is 0.552. The minimum absolute atomic E-state index is 0.205. The molecule has 6 heteroatoms. The monoisotopic (exact) mass is 466 g/mol. The molecule has 6 nitrogen and oxygen atoms in total. The maximum atomic E-state index is 6.14. The van der Waals surface area contributed by atoms with Crippen molar-refractivity contribution in [1.29, 1.82) is 0 Å². The minimum Gasteiger partial charge on any atom is -0.377 e. The molecular weight excluding hydrogens is 432 g/mol. The summed E-state index contributed by atoms with van der Waals surface area (Å²) in [6.45, 7) is 6.72. The standard InChI is InChI=1S/C28H34O6/c1-2-6-22-21(5-1)27-23-7-3-4-8-24(23)28(22)26-20-34-18-16-32-14-12-30-10-9-29-11-13-31-15-17-33-19-25(26)27/h1-8,27-28H,9-20H2. The molecule has 1 aliphatic heterocycles. The van der Waals surface area contributed by atoms with Crippen LogP contribution in [0.1, 0.15) is 34.1 Å². The summed E-state index contributed by atoms with van der Waals surface area (Å²) in [6, 6.07) is 17.6. The summed E-state index contributed by atoms with van der Waals surface area (Å²) >= 11 is 0. The van der Waals surface area contributed by atoms with E-state index in [2.05, 4.69) is 48.5 Å². The van der Waals surface area contributed by atoms with Crippen molar-refractivity contribution in [2.24, 2.45) is 0 Å². The van der Waals surface area contributed by atoms with Crippen molar-refractivity contribution in [3.63, 3.8) is 0 Å². The summed E-state index contributed by atoms with van der Waals surface area (Å²) in [6.07, 6.45) is 0. The van der Waals surface area contributed by atoms with E-state index in [-0.39, 0.29) is 11.8 Å². The van der Waals surface area contributed by atoms with Gasteiger partial charge in [0.05, 0.1) is 79.3 Å². The summed E-state index contributed by atoms with van der Waals surface area (Å²) in [5.41, 5.74) is 8.21. The third-order valence-corrected chi connectivity index (χ3v) is 6.72. The minimum atomic E-state index is 0.205. The van der Waals surface area contributed by atoms with Gasteiger partial charge in [-0.1, -0.05) is 48.5 Å². The molecule has 0 saturated carbocycles. The average Bonchev–Trinajstić information content (AvgIpc) is 2.87. The molecule has 34 heavy (non-hydrogen) atoms. The molecule has 0 fully saturated rings. The highest BCUT2D eigenvalue weighted by atomic mass is 16.6. The summed E-state index contributed by atoms with van der Waals surface area (Å²) < 4.78 is 34.7. The first kappa shape index (κ1) is 23.7. The lowest BCUT2D eigenvalue weighted by atomic mass is 9.61. The van der Waals surface area contributed by atoms with E-state index in [0.29, 0.717) is 79.3 Å². The molecule has 0 aromatic heterocycles. The van der Waals surface area contributed by atoms with E-state index < -0.39 is 0 Å². The van der Waals surface area contributed by atoms with Crippen LogP contribution < -0.4 is 0 Å². The van der Waals surface area contributed by atoms with Crippen molar-refractivity contribution < 1.29 is 28.4 Å². The van der Waals surface area contributed by atoms with Crippen molar-refractivity contribution in [2.45, 2.75) is 11.8 Å². The highest BCUT2D eigenvalue weighted by molar-refractivity contribution is 5.65. The van der Waals surface area contributed by atoms with Crippen LogP contribution in [0.25, 0.3) is 0 Å². The molecule has 0 spiro atoms. The molecule has 6 rings (SSSR count). The highest BCUT2D eigenvalue weighted by Gasteiger charge is 2.42. The zero-order valence-electron chi connectivity index (χ0n) is 19.7. The van der Waals surface area contributed by atoms with Gasteiger partial charge in [-0.2, -0.15) is 0 Å². The van der Waals surface area contributed by atoms with Gasteiger partial charge in [0.25, 0.3) is 0 Å². The van der Waals surface area contributed by atoms with Crippen LogP contribution in [-0.2, 0) is 28.4 Å². The Hall–Kier alpha value is -2.06. The number of hydrogen-bond acceptors (Lipinski definition) is 6. The van der Waals surface area contributed by atoms with E-state index in [1.165, 1.54) is 33.4 Å². The first-order chi connectivity index (χ1) is 16.9. The molecule has 182 valence electrons. The molecule has 4 aliphatic rings. The second kappa shape index (κ2) is 12.1. The second-order valence-corrected chi connectivity index (χ2v) is 8.73. The molecule has 1 heterocycles. The zero-order chi connectivity index (χ0) is 23.0. The SMILES string of the molecule is c1ccc2c(c1)C1C3=C(COCCOCCOCCOCCOCCOC3)C2c2ccccc21. The van der Waals surface area contributed by atoms with Crippen molar-refractivity contribution >= 4 is 0 Å². The van der Waals surface area contributed by atoms with Crippen molar-refractivity contribution in [1.82, 2.24) is 0 Å². The van der Waals surface area contributed by atoms with Crippen LogP contribution >= 0.6 is 0 Å². The van der Waals surface area contributed by atoms with E-state index in [0.717, 1.165) is 0 Å². The molecule has 2 bridgehead atoms. The lowest BCUT2D eigenvalue weighted by molar-refractivity contribution is -0.0162. The Labute approximate surface area is 201 Å². The maximum absolute atomic E-state index is 6.14. The van der Waals surface area contributed by atoms with Gasteiger partial charge in [0.2, 0.25) is 0 Å². The fraction of sp³-hybridized carbons (Fsp3) is 0.500. The number of ether oxygens (including phenoxy) is 6. The summed E-state index contributed by atoms with van der Waals surface area (Å²) in [4.78, 5) is 0. The van der Waals surface area contributed by atoms with Crippen molar-refractivity contribution in [3.05, 3.63) is 81.9 Å². The maximum Gasteiger partial charge on any atom is 0.0704 e. The normalized spacial score (nSPS) is 25.2. The predicted molar refractivity (Wildman–Crippen MR) is 129 cm³/mol. The van der Waals surface area contributed by atoms with Crippen LogP contribution in [0.2, 0.25) is 0 Å². The van der Waals surface area contributed by atoms with Gasteiger partial charge < -0.3 is 28.4 Å². The molecule has 0 amide bonds. The summed E-state index contributed by atoms with van der Waals surface area (Å²) in [7, 11) is 0. The van der Waals surface area contributed by atoms with E-state index in [9.17, 15) is 0 Å². The van der Waals surface area contributed by atoms with Crippen molar-refractivity contribution in [2.75, 3.05) is 79.3 Å². The highest BCUT2D eigenvalue weighted by Crippen LogP contribution is 2.55. The summed E-state index contributed by atoms with van der Waals surface area (Å²) in [5.74, 6) is 0.410. The Kier molecular flexibility index (Phi) is 8.40. The molecule has 2 aromatic rings. The summed E-state index contributed by atoms with van der Waals surface area (Å²) in [5, 5.41) is 0. The molecule has 2 aromatic carbocycles. The molecule has 3 aliphatic carbocycles. The van der Waals surface area contributed by atoms with Gasteiger partial charge >= 0.3 is 0 Å². The fourth-order valence-corrected chi connectivity index (χ4v) is 5.24. The van der Waals surface area contributed by atoms with Crippen LogP contribution in [0.4, 0.5) is 0 Å².